The summed E-state index contributed by atoms with van der Waals surface area (Å²) in [5.41, 5.74) is 8.07. The highest BCUT2D eigenvalue weighted by atomic mass is 16.6. The van der Waals surface area contributed by atoms with Gasteiger partial charge in [-0.05, 0) is 11.6 Å². The lowest BCUT2D eigenvalue weighted by Crippen LogP contribution is -2.00. The van der Waals surface area contributed by atoms with Crippen LogP contribution >= 0.6 is 0 Å². The summed E-state index contributed by atoms with van der Waals surface area (Å²) in [4.78, 5) is 13.7. The van der Waals surface area contributed by atoms with E-state index in [1.54, 1.807) is 0 Å². The Balaban J connectivity index is 2.94. The minimum atomic E-state index is -0.624. The van der Waals surface area contributed by atoms with Gasteiger partial charge in [0.2, 0.25) is 5.76 Å². The summed E-state index contributed by atoms with van der Waals surface area (Å²) >= 11 is 0. The number of methoxy groups -OCH3 is 2. The lowest BCUT2D eigenvalue weighted by atomic mass is 10.3. The van der Waals surface area contributed by atoms with Crippen molar-refractivity contribution < 1.29 is 19.0 Å². The highest BCUT2D eigenvalue weighted by Gasteiger charge is 2.32. The fraction of sp³-hybridized carbons (Fsp3) is 0.375. The smallest absolute Gasteiger partial charge is 0.383 e. The van der Waals surface area contributed by atoms with Crippen LogP contribution in [0.5, 0.6) is 0 Å². The van der Waals surface area contributed by atoms with E-state index in [2.05, 4.69) is 10.0 Å². The molecule has 0 saturated heterocycles. The number of hydrogen-bond acceptors (Lipinski definition) is 5. The van der Waals surface area contributed by atoms with E-state index in [4.69, 9.17) is 19.7 Å². The molecule has 15 heavy (non-hydrogen) atoms. The summed E-state index contributed by atoms with van der Waals surface area (Å²) in [7, 11) is 2.73. The molecule has 7 nitrogen and oxygen atoms in total. The monoisotopic (exact) mass is 211 g/mol. The molecule has 0 saturated carbocycles. The van der Waals surface area contributed by atoms with E-state index in [9.17, 15) is 4.79 Å². The topological polar surface area (TPSA) is 93.5 Å². The Hall–Kier alpha value is -2.14. The van der Waals surface area contributed by atoms with Crippen molar-refractivity contribution >= 4 is 5.97 Å². The first-order valence-corrected chi connectivity index (χ1v) is 4.00. The average molecular weight is 211 g/mol. The van der Waals surface area contributed by atoms with Crippen LogP contribution in [-0.2, 0) is 19.0 Å². The van der Waals surface area contributed by atoms with E-state index in [1.165, 1.54) is 20.3 Å². The molecule has 1 heterocycles. The second-order valence-electron chi connectivity index (χ2n) is 2.44. The Morgan fingerprint density at radius 3 is 2.67 bits per heavy atom. The molecule has 0 atom stereocenters. The van der Waals surface area contributed by atoms with Crippen LogP contribution in [0.4, 0.5) is 0 Å². The molecule has 1 aliphatic heterocycles. The maximum Gasteiger partial charge on any atom is 0.383 e. The molecule has 1 rings (SSSR count). The fourth-order valence-corrected chi connectivity index (χ4v) is 1.06. The molecule has 0 unspecified atom stereocenters. The zero-order valence-electron chi connectivity index (χ0n) is 8.26. The van der Waals surface area contributed by atoms with Crippen LogP contribution < -0.4 is 0 Å². The number of ether oxygens (including phenoxy) is 3. The predicted molar refractivity (Wildman–Crippen MR) is 49.2 cm³/mol. The van der Waals surface area contributed by atoms with Gasteiger partial charge in [-0.2, -0.15) is 0 Å². The number of azide groups is 1. The molecule has 0 radical (unpaired) electrons. The molecule has 1 aliphatic rings. The van der Waals surface area contributed by atoms with Gasteiger partial charge in [0.25, 0.3) is 5.76 Å². The lowest BCUT2D eigenvalue weighted by molar-refractivity contribution is -0.136. The van der Waals surface area contributed by atoms with Crippen LogP contribution in [-0.4, -0.2) is 26.7 Å². The standard InChI is InChI=1S/C8H9N3O4/c1-13-6-5(3-4-10-11-9)15-8(12)7(6)14-2/h3H,4H2,1-2H3/b5-3+. The van der Waals surface area contributed by atoms with E-state index >= 15 is 0 Å². The Bertz CT molecular complexity index is 379. The van der Waals surface area contributed by atoms with Gasteiger partial charge in [0.05, 0.1) is 14.2 Å². The van der Waals surface area contributed by atoms with Gasteiger partial charge in [-0.1, -0.05) is 5.11 Å². The molecular formula is C8H9N3O4. The van der Waals surface area contributed by atoms with Gasteiger partial charge >= 0.3 is 5.97 Å². The van der Waals surface area contributed by atoms with Crippen molar-refractivity contribution in [1.29, 1.82) is 0 Å². The lowest BCUT2D eigenvalue weighted by Gasteiger charge is -2.00. The van der Waals surface area contributed by atoms with Crippen LogP contribution in [0.1, 0.15) is 0 Å². The van der Waals surface area contributed by atoms with Gasteiger partial charge in [-0.3, -0.25) is 0 Å². The van der Waals surface area contributed by atoms with Crippen LogP contribution in [0.3, 0.4) is 0 Å². The van der Waals surface area contributed by atoms with Crippen LogP contribution in [0.2, 0.25) is 0 Å². The summed E-state index contributed by atoms with van der Waals surface area (Å²) in [5.74, 6) is -0.214. The molecule has 7 heteroatoms. The van der Waals surface area contributed by atoms with Crippen LogP contribution in [0, 0.1) is 0 Å². The fourth-order valence-electron chi connectivity index (χ4n) is 1.06. The number of esters is 1. The summed E-state index contributed by atoms with van der Waals surface area (Å²) in [5, 5.41) is 3.27. The molecule has 0 aromatic heterocycles. The second-order valence-corrected chi connectivity index (χ2v) is 2.44. The van der Waals surface area contributed by atoms with Crippen molar-refractivity contribution in [3.63, 3.8) is 0 Å². The molecule has 0 bridgehead atoms. The summed E-state index contributed by atoms with van der Waals surface area (Å²) in [6, 6.07) is 0. The molecule has 0 spiro atoms. The zero-order chi connectivity index (χ0) is 11.3. The highest BCUT2D eigenvalue weighted by Crippen LogP contribution is 2.26. The van der Waals surface area contributed by atoms with E-state index < -0.39 is 5.97 Å². The van der Waals surface area contributed by atoms with E-state index in [1.807, 2.05) is 0 Å². The maximum atomic E-state index is 11.2. The van der Waals surface area contributed by atoms with Crippen LogP contribution in [0.25, 0.3) is 10.4 Å². The summed E-state index contributed by atoms with van der Waals surface area (Å²) in [6.07, 6.45) is 1.43. The number of hydrogen-bond donors (Lipinski definition) is 0. The quantitative estimate of drug-likeness (QED) is 0.302. The van der Waals surface area contributed by atoms with Crippen LogP contribution in [0.15, 0.2) is 28.5 Å². The minimum absolute atomic E-state index is 0.00434. The molecule has 0 amide bonds. The Labute approximate surface area is 85.5 Å². The molecule has 0 N–H and O–H groups in total. The van der Waals surface area contributed by atoms with Gasteiger partial charge in [0.15, 0.2) is 5.76 Å². The van der Waals surface area contributed by atoms with Crippen molar-refractivity contribution in [2.75, 3.05) is 20.8 Å². The number of carbonyl (C=O) groups excluding carboxylic acids is 1. The summed E-state index contributed by atoms with van der Waals surface area (Å²) in [6.45, 7) is 0.0724. The molecule has 0 aromatic carbocycles. The van der Waals surface area contributed by atoms with Gasteiger partial charge in [-0.15, -0.1) is 0 Å². The van der Waals surface area contributed by atoms with Crippen molar-refractivity contribution in [1.82, 2.24) is 0 Å². The SMILES string of the molecule is COC1=C(OC)/C(=C\CN=[N+]=[N-])OC1=O. The molecule has 0 aromatic rings. The first-order chi connectivity index (χ1) is 7.24. The summed E-state index contributed by atoms with van der Waals surface area (Å²) < 4.78 is 14.6. The first kappa shape index (κ1) is 10.9. The first-order valence-electron chi connectivity index (χ1n) is 4.00. The third kappa shape index (κ3) is 2.21. The number of nitrogens with zero attached hydrogens (tertiary/aromatic N) is 3. The van der Waals surface area contributed by atoms with E-state index in [0.717, 1.165) is 0 Å². The van der Waals surface area contributed by atoms with Gasteiger partial charge in [0, 0.05) is 11.5 Å². The third-order valence-electron chi connectivity index (χ3n) is 1.65. The molecule has 0 fully saturated rings. The van der Waals surface area contributed by atoms with Crippen molar-refractivity contribution in [3.05, 3.63) is 33.8 Å². The number of rotatable bonds is 4. The zero-order valence-corrected chi connectivity index (χ0v) is 8.26. The van der Waals surface area contributed by atoms with Crippen molar-refractivity contribution in [3.8, 4) is 0 Å². The van der Waals surface area contributed by atoms with Gasteiger partial charge in [0.1, 0.15) is 0 Å². The van der Waals surface area contributed by atoms with E-state index in [0.29, 0.717) is 0 Å². The van der Waals surface area contributed by atoms with E-state index in [-0.39, 0.29) is 23.8 Å². The molecular weight excluding hydrogens is 202 g/mol. The predicted octanol–water partition coefficient (Wildman–Crippen LogP) is 1.24. The minimum Gasteiger partial charge on any atom is -0.490 e. The maximum absolute atomic E-state index is 11.2. The van der Waals surface area contributed by atoms with Crippen molar-refractivity contribution in [2.45, 2.75) is 0 Å². The number of carbonyl (C=O) groups is 1. The van der Waals surface area contributed by atoms with Gasteiger partial charge < -0.3 is 14.2 Å². The number of cyclic esters (lactones) is 1. The highest BCUT2D eigenvalue weighted by molar-refractivity contribution is 5.91. The molecule has 80 valence electrons. The normalized spacial score (nSPS) is 17.5. The third-order valence-corrected chi connectivity index (χ3v) is 1.65. The molecule has 0 aliphatic carbocycles. The Morgan fingerprint density at radius 1 is 1.47 bits per heavy atom. The van der Waals surface area contributed by atoms with Gasteiger partial charge in [-0.25, -0.2) is 4.79 Å². The van der Waals surface area contributed by atoms with Crippen molar-refractivity contribution in [2.24, 2.45) is 5.11 Å². The Kier molecular flexibility index (Phi) is 3.59. The average Bonchev–Trinajstić information content (AvgIpc) is 2.54. The Morgan fingerprint density at radius 2 is 2.13 bits per heavy atom. The largest absolute Gasteiger partial charge is 0.490 e. The second kappa shape index (κ2) is 4.92.